The molecule has 2 nitrogen and oxygen atoms in total. The van der Waals surface area contributed by atoms with Crippen molar-refractivity contribution in [3.8, 4) is 0 Å². The number of benzene rings is 1. The highest BCUT2D eigenvalue weighted by Gasteiger charge is 2.13. The number of hydrogen-bond acceptors (Lipinski definition) is 2. The summed E-state index contributed by atoms with van der Waals surface area (Å²) in [6, 6.07) is 11.9. The lowest BCUT2D eigenvalue weighted by Gasteiger charge is -2.28. The maximum atomic E-state index is 3.45. The van der Waals surface area contributed by atoms with E-state index < -0.39 is 0 Å². The monoisotopic (exact) mass is 276 g/mol. The van der Waals surface area contributed by atoms with Gasteiger partial charge in [0.05, 0.1) is 0 Å². The zero-order valence-electron chi connectivity index (χ0n) is 13.7. The van der Waals surface area contributed by atoms with Gasteiger partial charge in [0.25, 0.3) is 0 Å². The third kappa shape index (κ3) is 6.06. The summed E-state index contributed by atoms with van der Waals surface area (Å²) in [5.74, 6) is 0. The number of hydrogen-bond donors (Lipinski definition) is 1. The summed E-state index contributed by atoms with van der Waals surface area (Å²) >= 11 is 0. The van der Waals surface area contributed by atoms with E-state index >= 15 is 0 Å². The molecular formula is C18H32N2. The molecule has 0 aliphatic heterocycles. The van der Waals surface area contributed by atoms with Crippen LogP contribution in [0.3, 0.4) is 0 Å². The molecule has 1 rings (SSSR count). The molecule has 0 aliphatic rings. The molecule has 1 aromatic rings. The average molecular weight is 276 g/mol. The van der Waals surface area contributed by atoms with Crippen molar-refractivity contribution < 1.29 is 0 Å². The lowest BCUT2D eigenvalue weighted by atomic mass is 10.0. The van der Waals surface area contributed by atoms with E-state index in [9.17, 15) is 0 Å². The second-order valence-corrected chi connectivity index (χ2v) is 5.88. The zero-order valence-corrected chi connectivity index (χ0v) is 13.7. The van der Waals surface area contributed by atoms with Crippen molar-refractivity contribution in [3.63, 3.8) is 0 Å². The maximum absolute atomic E-state index is 3.45. The Bertz CT molecular complexity index is 335. The van der Waals surface area contributed by atoms with Crippen LogP contribution in [0.25, 0.3) is 0 Å². The van der Waals surface area contributed by atoms with Crippen molar-refractivity contribution in [3.05, 3.63) is 35.9 Å². The first-order valence-electron chi connectivity index (χ1n) is 8.15. The standard InChI is InChI=1S/C18H32N2/c1-5-6-10-14-20(16(2)3)15-13-18(19-4)17-11-8-7-9-12-17/h7-9,11-12,16,18-19H,5-6,10,13-15H2,1-4H3. The molecule has 0 aliphatic carbocycles. The quantitative estimate of drug-likeness (QED) is 0.643. The third-order valence-electron chi connectivity index (χ3n) is 4.03. The first-order valence-corrected chi connectivity index (χ1v) is 8.15. The van der Waals surface area contributed by atoms with Crippen LogP contribution < -0.4 is 5.32 Å². The molecule has 114 valence electrons. The Morgan fingerprint density at radius 1 is 1.05 bits per heavy atom. The predicted molar refractivity (Wildman–Crippen MR) is 89.1 cm³/mol. The van der Waals surface area contributed by atoms with Crippen molar-refractivity contribution in [2.75, 3.05) is 20.1 Å². The molecule has 0 saturated carbocycles. The molecule has 0 bridgehead atoms. The smallest absolute Gasteiger partial charge is 0.0329 e. The summed E-state index contributed by atoms with van der Waals surface area (Å²) in [6.07, 6.45) is 5.14. The van der Waals surface area contributed by atoms with E-state index in [1.807, 2.05) is 0 Å². The van der Waals surface area contributed by atoms with E-state index in [0.717, 1.165) is 0 Å². The Kier molecular flexibility index (Phi) is 8.56. The largest absolute Gasteiger partial charge is 0.313 e. The Labute approximate surface area is 125 Å². The van der Waals surface area contributed by atoms with Gasteiger partial charge in [-0.15, -0.1) is 0 Å². The normalized spacial score (nSPS) is 13.1. The first-order chi connectivity index (χ1) is 9.69. The van der Waals surface area contributed by atoms with E-state index in [4.69, 9.17) is 0 Å². The summed E-state index contributed by atoms with van der Waals surface area (Å²) in [4.78, 5) is 2.61. The Hall–Kier alpha value is -0.860. The summed E-state index contributed by atoms with van der Waals surface area (Å²) in [5, 5.41) is 3.45. The molecule has 20 heavy (non-hydrogen) atoms. The topological polar surface area (TPSA) is 15.3 Å². The molecular weight excluding hydrogens is 244 g/mol. The van der Waals surface area contributed by atoms with Gasteiger partial charge in [0.15, 0.2) is 0 Å². The van der Waals surface area contributed by atoms with Gasteiger partial charge in [0.2, 0.25) is 0 Å². The summed E-state index contributed by atoms with van der Waals surface area (Å²) in [5.41, 5.74) is 1.40. The fraction of sp³-hybridized carbons (Fsp3) is 0.667. The van der Waals surface area contributed by atoms with E-state index in [2.05, 4.69) is 68.4 Å². The number of rotatable bonds is 10. The molecule has 0 radical (unpaired) electrons. The molecule has 0 heterocycles. The fourth-order valence-corrected chi connectivity index (χ4v) is 2.65. The van der Waals surface area contributed by atoms with Crippen LogP contribution in [-0.2, 0) is 0 Å². The molecule has 1 atom stereocenters. The van der Waals surface area contributed by atoms with Gasteiger partial charge in [0, 0.05) is 18.6 Å². The van der Waals surface area contributed by atoms with Gasteiger partial charge in [-0.1, -0.05) is 50.1 Å². The van der Waals surface area contributed by atoms with Gasteiger partial charge >= 0.3 is 0 Å². The highest BCUT2D eigenvalue weighted by molar-refractivity contribution is 5.18. The number of nitrogens with zero attached hydrogens (tertiary/aromatic N) is 1. The summed E-state index contributed by atoms with van der Waals surface area (Å²) < 4.78 is 0. The molecule has 0 aromatic heterocycles. The Balaban J connectivity index is 2.48. The van der Waals surface area contributed by atoms with Crippen molar-refractivity contribution >= 4 is 0 Å². The lowest BCUT2D eigenvalue weighted by molar-refractivity contribution is 0.206. The third-order valence-corrected chi connectivity index (χ3v) is 4.03. The first kappa shape index (κ1) is 17.2. The number of unbranched alkanes of at least 4 members (excludes halogenated alkanes) is 2. The van der Waals surface area contributed by atoms with Gasteiger partial charge < -0.3 is 10.2 Å². The van der Waals surface area contributed by atoms with E-state index in [1.165, 1.54) is 44.3 Å². The minimum atomic E-state index is 0.462. The molecule has 1 aromatic carbocycles. The second kappa shape index (κ2) is 9.95. The van der Waals surface area contributed by atoms with E-state index in [1.54, 1.807) is 0 Å². The minimum absolute atomic E-state index is 0.462. The van der Waals surface area contributed by atoms with E-state index in [-0.39, 0.29) is 0 Å². The van der Waals surface area contributed by atoms with Crippen molar-refractivity contribution in [1.82, 2.24) is 10.2 Å². The Morgan fingerprint density at radius 2 is 1.75 bits per heavy atom. The van der Waals surface area contributed by atoms with Gasteiger partial charge in [-0.25, -0.2) is 0 Å². The molecule has 1 unspecified atom stereocenters. The van der Waals surface area contributed by atoms with Crippen LogP contribution in [0.15, 0.2) is 30.3 Å². The Morgan fingerprint density at radius 3 is 2.30 bits per heavy atom. The van der Waals surface area contributed by atoms with Crippen LogP contribution >= 0.6 is 0 Å². The SMILES string of the molecule is CCCCCN(CCC(NC)c1ccccc1)C(C)C. The van der Waals surface area contributed by atoms with Crippen LogP contribution in [0.4, 0.5) is 0 Å². The van der Waals surface area contributed by atoms with Crippen LogP contribution in [0, 0.1) is 0 Å². The van der Waals surface area contributed by atoms with Crippen molar-refractivity contribution in [1.29, 1.82) is 0 Å². The van der Waals surface area contributed by atoms with Gasteiger partial charge in [-0.3, -0.25) is 0 Å². The molecule has 1 N–H and O–H groups in total. The summed E-state index contributed by atoms with van der Waals surface area (Å²) in [6.45, 7) is 9.29. The number of nitrogens with one attached hydrogen (secondary N) is 1. The van der Waals surface area contributed by atoms with Crippen LogP contribution in [0.2, 0.25) is 0 Å². The van der Waals surface area contributed by atoms with Gasteiger partial charge in [0.1, 0.15) is 0 Å². The molecule has 2 heteroatoms. The van der Waals surface area contributed by atoms with Crippen LogP contribution in [0.5, 0.6) is 0 Å². The molecule has 0 fully saturated rings. The van der Waals surface area contributed by atoms with Gasteiger partial charge in [-0.2, -0.15) is 0 Å². The highest BCUT2D eigenvalue weighted by atomic mass is 15.1. The second-order valence-electron chi connectivity index (χ2n) is 5.88. The fourth-order valence-electron chi connectivity index (χ4n) is 2.65. The summed E-state index contributed by atoms with van der Waals surface area (Å²) in [7, 11) is 2.06. The average Bonchev–Trinajstić information content (AvgIpc) is 2.47. The van der Waals surface area contributed by atoms with Crippen LogP contribution in [-0.4, -0.2) is 31.1 Å². The van der Waals surface area contributed by atoms with Crippen molar-refractivity contribution in [2.24, 2.45) is 0 Å². The predicted octanol–water partition coefficient (Wildman–Crippen LogP) is 4.24. The molecule has 0 saturated heterocycles. The molecule has 0 amide bonds. The maximum Gasteiger partial charge on any atom is 0.0329 e. The van der Waals surface area contributed by atoms with Crippen molar-refractivity contribution in [2.45, 2.75) is 58.5 Å². The highest BCUT2D eigenvalue weighted by Crippen LogP contribution is 2.17. The van der Waals surface area contributed by atoms with Crippen LogP contribution in [0.1, 0.15) is 58.1 Å². The zero-order chi connectivity index (χ0) is 14.8. The molecule has 0 spiro atoms. The van der Waals surface area contributed by atoms with E-state index in [0.29, 0.717) is 12.1 Å². The van der Waals surface area contributed by atoms with Gasteiger partial charge in [-0.05, 0) is 45.8 Å². The minimum Gasteiger partial charge on any atom is -0.313 e. The lowest BCUT2D eigenvalue weighted by Crippen LogP contribution is -2.34.